The number of hydrogen-bond donors (Lipinski definition) is 1. The Labute approximate surface area is 89.3 Å². The number of aromatic nitrogens is 1. The topological polar surface area (TPSA) is 99.8 Å². The van der Waals surface area contributed by atoms with Crippen LogP contribution in [0.1, 0.15) is 10.4 Å². The highest BCUT2D eigenvalue weighted by atomic mass is 16.6. The number of fused-ring (bicyclic) bond motifs is 1. The van der Waals surface area contributed by atoms with Gasteiger partial charge < -0.3 is 4.98 Å². The molecule has 0 aliphatic carbocycles. The highest BCUT2D eigenvalue weighted by Gasteiger charge is 2.20. The number of benzene rings is 1. The fourth-order valence-corrected chi connectivity index (χ4v) is 1.56. The Bertz CT molecular complexity index is 636. The monoisotopic (exact) mass is 215 g/mol. The van der Waals surface area contributed by atoms with Crippen LogP contribution in [0, 0.1) is 21.4 Å². The number of H-pyrrole nitrogens is 1. The van der Waals surface area contributed by atoms with Crippen molar-refractivity contribution in [1.29, 1.82) is 5.26 Å². The molecule has 78 valence electrons. The van der Waals surface area contributed by atoms with Crippen LogP contribution in [0.5, 0.6) is 0 Å². The van der Waals surface area contributed by atoms with Crippen molar-refractivity contribution in [2.24, 2.45) is 0 Å². The second-order valence-electron chi connectivity index (χ2n) is 3.10. The van der Waals surface area contributed by atoms with E-state index < -0.39 is 10.7 Å². The summed E-state index contributed by atoms with van der Waals surface area (Å²) >= 11 is 0. The summed E-state index contributed by atoms with van der Waals surface area (Å²) in [6.07, 6.45) is 1.31. The number of nitriles is 1. The fourth-order valence-electron chi connectivity index (χ4n) is 1.56. The molecule has 1 aromatic heterocycles. The average molecular weight is 215 g/mol. The lowest BCUT2D eigenvalue weighted by Crippen LogP contribution is -1.95. The van der Waals surface area contributed by atoms with Crippen LogP contribution in [0.2, 0.25) is 0 Å². The van der Waals surface area contributed by atoms with Crippen molar-refractivity contribution in [3.63, 3.8) is 0 Å². The Balaban J connectivity index is 2.84. The number of nitrogens with zero attached hydrogens (tertiary/aromatic N) is 2. The van der Waals surface area contributed by atoms with Gasteiger partial charge in [-0.15, -0.1) is 0 Å². The zero-order valence-corrected chi connectivity index (χ0v) is 7.93. The summed E-state index contributed by atoms with van der Waals surface area (Å²) < 4.78 is 0. The first-order valence-corrected chi connectivity index (χ1v) is 4.34. The van der Waals surface area contributed by atoms with Crippen molar-refractivity contribution in [2.45, 2.75) is 0 Å². The summed E-state index contributed by atoms with van der Waals surface area (Å²) in [7, 11) is 0. The zero-order valence-electron chi connectivity index (χ0n) is 7.93. The Morgan fingerprint density at radius 1 is 1.50 bits per heavy atom. The molecule has 0 aliphatic rings. The third-order valence-corrected chi connectivity index (χ3v) is 2.23. The lowest BCUT2D eigenvalue weighted by atomic mass is 10.1. The molecule has 0 unspecified atom stereocenters. The molecule has 6 heteroatoms. The molecule has 6 nitrogen and oxygen atoms in total. The number of aromatic amines is 1. The summed E-state index contributed by atoms with van der Waals surface area (Å²) in [5.41, 5.74) is 0.315. The van der Waals surface area contributed by atoms with Crippen molar-refractivity contribution in [1.82, 2.24) is 4.98 Å². The quantitative estimate of drug-likeness (QED) is 0.357. The van der Waals surface area contributed by atoms with Gasteiger partial charge in [-0.25, -0.2) is 0 Å². The van der Waals surface area contributed by atoms with Gasteiger partial charge in [-0.2, -0.15) is 5.26 Å². The van der Waals surface area contributed by atoms with Gasteiger partial charge in [0, 0.05) is 12.3 Å². The van der Waals surface area contributed by atoms with E-state index in [1.165, 1.54) is 24.4 Å². The molecule has 0 spiro atoms. The molecule has 0 bridgehead atoms. The number of carbonyl (C=O) groups excluding carboxylic acids is 1. The number of rotatable bonds is 2. The number of nitro groups is 1. The van der Waals surface area contributed by atoms with Gasteiger partial charge in [0.1, 0.15) is 6.07 Å². The average Bonchev–Trinajstić information content (AvgIpc) is 2.71. The van der Waals surface area contributed by atoms with E-state index in [0.717, 1.165) is 0 Å². The maximum absolute atomic E-state index is 11.3. The SMILES string of the molecule is N#CC(=O)c1c[nH]c2cccc([N+](=O)[O-])c12. The van der Waals surface area contributed by atoms with Crippen molar-refractivity contribution >= 4 is 22.4 Å². The molecule has 0 saturated carbocycles. The van der Waals surface area contributed by atoms with Crippen LogP contribution in [0.3, 0.4) is 0 Å². The van der Waals surface area contributed by atoms with Gasteiger partial charge in [-0.05, 0) is 6.07 Å². The van der Waals surface area contributed by atoms with Crippen LogP contribution in [0.15, 0.2) is 24.4 Å². The molecular formula is C10H5N3O3. The van der Waals surface area contributed by atoms with E-state index in [-0.39, 0.29) is 16.6 Å². The van der Waals surface area contributed by atoms with Crippen molar-refractivity contribution in [3.8, 4) is 6.07 Å². The Hall–Kier alpha value is -2.68. The minimum atomic E-state index is -0.791. The van der Waals surface area contributed by atoms with E-state index in [2.05, 4.69) is 4.98 Å². The number of non-ortho nitro benzene ring substituents is 1. The zero-order chi connectivity index (χ0) is 11.7. The third kappa shape index (κ3) is 1.31. The molecule has 2 aromatic rings. The molecule has 0 aliphatic heterocycles. The minimum Gasteiger partial charge on any atom is -0.360 e. The molecule has 16 heavy (non-hydrogen) atoms. The van der Waals surface area contributed by atoms with E-state index in [9.17, 15) is 14.9 Å². The number of hydrogen-bond acceptors (Lipinski definition) is 4. The summed E-state index contributed by atoms with van der Waals surface area (Å²) in [4.78, 5) is 24.2. The van der Waals surface area contributed by atoms with E-state index in [4.69, 9.17) is 5.26 Å². The summed E-state index contributed by atoms with van der Waals surface area (Å²) in [6, 6.07) is 5.86. The van der Waals surface area contributed by atoms with Gasteiger partial charge in [0.25, 0.3) is 11.5 Å². The minimum absolute atomic E-state index is 0.0322. The summed E-state index contributed by atoms with van der Waals surface area (Å²) in [5.74, 6) is -0.791. The molecule has 1 N–H and O–H groups in total. The Morgan fingerprint density at radius 2 is 2.25 bits per heavy atom. The number of ketones is 1. The van der Waals surface area contributed by atoms with Crippen molar-refractivity contribution in [2.75, 3.05) is 0 Å². The maximum atomic E-state index is 11.3. The molecule has 0 atom stereocenters. The van der Waals surface area contributed by atoms with Gasteiger partial charge in [-0.3, -0.25) is 14.9 Å². The lowest BCUT2D eigenvalue weighted by Gasteiger charge is -1.94. The molecule has 0 fully saturated rings. The second-order valence-corrected chi connectivity index (χ2v) is 3.10. The van der Waals surface area contributed by atoms with Crippen molar-refractivity contribution in [3.05, 3.63) is 40.1 Å². The Kier molecular flexibility index (Phi) is 2.14. The van der Waals surface area contributed by atoms with Crippen LogP contribution in [0.25, 0.3) is 10.9 Å². The first-order valence-electron chi connectivity index (χ1n) is 4.34. The first kappa shape index (κ1) is 9.86. The molecule has 0 radical (unpaired) electrons. The predicted octanol–water partition coefficient (Wildman–Crippen LogP) is 1.78. The number of carbonyl (C=O) groups is 1. The van der Waals surface area contributed by atoms with E-state index in [1.807, 2.05) is 0 Å². The second kappa shape index (κ2) is 3.47. The Morgan fingerprint density at radius 3 is 2.88 bits per heavy atom. The van der Waals surface area contributed by atoms with Crippen LogP contribution < -0.4 is 0 Å². The molecule has 0 amide bonds. The van der Waals surface area contributed by atoms with Gasteiger partial charge >= 0.3 is 0 Å². The number of Topliss-reactive ketones (excluding diaryl/α,β-unsaturated/α-hetero) is 1. The molecule has 1 aromatic carbocycles. The number of nitrogens with one attached hydrogen (secondary N) is 1. The lowest BCUT2D eigenvalue weighted by molar-refractivity contribution is -0.383. The first-order chi connectivity index (χ1) is 7.65. The van der Waals surface area contributed by atoms with Gasteiger partial charge in [0.15, 0.2) is 0 Å². The van der Waals surface area contributed by atoms with E-state index in [1.54, 1.807) is 6.07 Å². The standard InChI is InChI=1S/C10H5N3O3/c11-4-9(14)6-5-12-7-2-1-3-8(10(6)7)13(15)16/h1-3,5,12H. The summed E-state index contributed by atoms with van der Waals surface area (Å²) in [5, 5.41) is 19.5. The fraction of sp³-hybridized carbons (Fsp3) is 0. The molecule has 0 saturated heterocycles. The highest BCUT2D eigenvalue weighted by Crippen LogP contribution is 2.28. The van der Waals surface area contributed by atoms with Crippen LogP contribution in [0.4, 0.5) is 5.69 Å². The number of nitro benzene ring substituents is 1. The van der Waals surface area contributed by atoms with Crippen LogP contribution in [-0.2, 0) is 0 Å². The molecule has 1 heterocycles. The van der Waals surface area contributed by atoms with E-state index in [0.29, 0.717) is 5.52 Å². The largest absolute Gasteiger partial charge is 0.360 e. The normalized spacial score (nSPS) is 9.94. The third-order valence-electron chi connectivity index (χ3n) is 2.23. The highest BCUT2D eigenvalue weighted by molar-refractivity contribution is 6.17. The molecular weight excluding hydrogens is 210 g/mol. The van der Waals surface area contributed by atoms with Crippen LogP contribution in [-0.4, -0.2) is 15.7 Å². The maximum Gasteiger partial charge on any atom is 0.279 e. The van der Waals surface area contributed by atoms with Gasteiger partial charge in [-0.1, -0.05) is 6.07 Å². The van der Waals surface area contributed by atoms with Gasteiger partial charge in [0.2, 0.25) is 0 Å². The summed E-state index contributed by atoms with van der Waals surface area (Å²) in [6.45, 7) is 0. The van der Waals surface area contributed by atoms with Crippen LogP contribution >= 0.6 is 0 Å². The predicted molar refractivity (Wildman–Crippen MR) is 54.9 cm³/mol. The van der Waals surface area contributed by atoms with Crippen molar-refractivity contribution < 1.29 is 9.72 Å². The smallest absolute Gasteiger partial charge is 0.279 e. The van der Waals surface area contributed by atoms with E-state index >= 15 is 0 Å². The molecule has 2 rings (SSSR count). The van der Waals surface area contributed by atoms with Gasteiger partial charge in [0.05, 0.1) is 21.4 Å².